The molecule has 0 amide bonds. The van der Waals surface area contributed by atoms with Crippen LogP contribution in [0.4, 0.5) is 0 Å². The van der Waals surface area contributed by atoms with E-state index in [1.54, 1.807) is 0 Å². The maximum atomic E-state index is 12.0. The first-order valence-electron chi connectivity index (χ1n) is 7.25. The van der Waals surface area contributed by atoms with Crippen molar-refractivity contribution in [2.45, 2.75) is 32.2 Å². The minimum absolute atomic E-state index is 0. The minimum Gasteiger partial charge on any atom is -0.872 e. The fourth-order valence-corrected chi connectivity index (χ4v) is 4.54. The molecule has 1 heterocycles. The van der Waals surface area contributed by atoms with Gasteiger partial charge in [-0.25, -0.2) is 0 Å². The van der Waals surface area contributed by atoms with Crippen molar-refractivity contribution in [3.63, 3.8) is 0 Å². The maximum absolute atomic E-state index is 12.0. The number of rotatable bonds is 6. The van der Waals surface area contributed by atoms with E-state index in [-0.39, 0.29) is 35.3 Å². The summed E-state index contributed by atoms with van der Waals surface area (Å²) in [5, 5.41) is 15.4. The fraction of sp³-hybridized carbons (Fsp3) is 0.600. The first kappa shape index (κ1) is 20.4. The minimum atomic E-state index is 0. The average Bonchev–Trinajstić information content (AvgIpc) is 2.44. The standard InChI is InChI=1S/C15H22I2N2O.Na/c16-13-9-12(15(20)14(17)10-13)11-18-5-4-8-19-6-2-1-3-7-19;/h9-10,18,20H,1-8,11H2;/q;+1/p-1. The molecule has 1 fully saturated rings. The molecule has 3 nitrogen and oxygen atoms in total. The summed E-state index contributed by atoms with van der Waals surface area (Å²) >= 11 is 4.39. The first-order valence-corrected chi connectivity index (χ1v) is 9.40. The van der Waals surface area contributed by atoms with Crippen molar-refractivity contribution < 1.29 is 34.7 Å². The zero-order valence-electron chi connectivity index (χ0n) is 12.6. The van der Waals surface area contributed by atoms with Crippen LogP contribution in [0.5, 0.6) is 5.75 Å². The second-order valence-electron chi connectivity index (χ2n) is 5.31. The fourth-order valence-electron chi connectivity index (χ4n) is 2.58. The third-order valence-corrected chi connectivity index (χ3v) is 5.10. The summed E-state index contributed by atoms with van der Waals surface area (Å²) in [5.74, 6) is 0.176. The van der Waals surface area contributed by atoms with Crippen molar-refractivity contribution >= 4 is 45.2 Å². The molecule has 0 radical (unpaired) electrons. The van der Waals surface area contributed by atoms with Crippen LogP contribution in [0.25, 0.3) is 0 Å². The van der Waals surface area contributed by atoms with Crippen LogP contribution >= 0.6 is 45.2 Å². The van der Waals surface area contributed by atoms with E-state index in [4.69, 9.17) is 0 Å². The summed E-state index contributed by atoms with van der Waals surface area (Å²) in [6.07, 6.45) is 5.27. The Balaban J connectivity index is 0.00000220. The summed E-state index contributed by atoms with van der Waals surface area (Å²) < 4.78 is 1.95. The molecule has 0 spiro atoms. The predicted molar refractivity (Wildman–Crippen MR) is 97.9 cm³/mol. The first-order chi connectivity index (χ1) is 9.66. The molecular formula is C15H21I2N2NaO. The van der Waals surface area contributed by atoms with Crippen molar-refractivity contribution in [3.8, 4) is 5.75 Å². The van der Waals surface area contributed by atoms with Gasteiger partial charge in [0.05, 0.1) is 0 Å². The number of nitrogens with one attached hydrogen (secondary N) is 1. The number of likely N-dealkylation sites (tertiary alicyclic amines) is 1. The van der Waals surface area contributed by atoms with Crippen LogP contribution in [0, 0.1) is 7.14 Å². The van der Waals surface area contributed by atoms with Crippen molar-refractivity contribution in [2.24, 2.45) is 0 Å². The molecule has 1 aromatic carbocycles. The van der Waals surface area contributed by atoms with Crippen LogP contribution in [0.2, 0.25) is 0 Å². The molecule has 1 saturated heterocycles. The zero-order chi connectivity index (χ0) is 14.4. The second-order valence-corrected chi connectivity index (χ2v) is 7.72. The van der Waals surface area contributed by atoms with Crippen LogP contribution in [0.3, 0.4) is 0 Å². The molecule has 0 atom stereocenters. The molecule has 0 unspecified atom stereocenters. The third kappa shape index (κ3) is 7.22. The van der Waals surface area contributed by atoms with Crippen molar-refractivity contribution in [1.82, 2.24) is 10.2 Å². The Morgan fingerprint density at radius 3 is 2.57 bits per heavy atom. The topological polar surface area (TPSA) is 38.3 Å². The van der Waals surface area contributed by atoms with Gasteiger partial charge in [0, 0.05) is 13.7 Å². The maximum Gasteiger partial charge on any atom is 1.00 e. The van der Waals surface area contributed by atoms with Crippen LogP contribution < -0.4 is 40.0 Å². The molecule has 1 aliphatic heterocycles. The number of piperidine rings is 1. The van der Waals surface area contributed by atoms with Crippen LogP contribution in [0.15, 0.2) is 12.1 Å². The molecular weight excluding hydrogens is 501 g/mol. The Morgan fingerprint density at radius 2 is 1.86 bits per heavy atom. The summed E-state index contributed by atoms with van der Waals surface area (Å²) in [6.45, 7) is 5.38. The monoisotopic (exact) mass is 522 g/mol. The van der Waals surface area contributed by atoms with E-state index in [1.807, 2.05) is 12.1 Å². The molecule has 1 N–H and O–H groups in total. The van der Waals surface area contributed by atoms with Gasteiger partial charge >= 0.3 is 29.6 Å². The second kappa shape index (κ2) is 11.0. The largest absolute Gasteiger partial charge is 1.00 e. The Labute approximate surface area is 177 Å². The molecule has 2 rings (SSSR count). The van der Waals surface area contributed by atoms with Crippen LogP contribution in [-0.4, -0.2) is 31.1 Å². The Hall–Kier alpha value is 1.40. The number of hydrogen-bond acceptors (Lipinski definition) is 3. The van der Waals surface area contributed by atoms with Gasteiger partial charge in [0.2, 0.25) is 0 Å². The molecule has 6 heteroatoms. The molecule has 0 bridgehead atoms. The van der Waals surface area contributed by atoms with E-state index >= 15 is 0 Å². The van der Waals surface area contributed by atoms with E-state index in [0.717, 1.165) is 25.7 Å². The van der Waals surface area contributed by atoms with E-state index in [9.17, 15) is 5.11 Å². The zero-order valence-corrected chi connectivity index (χ0v) is 18.9. The van der Waals surface area contributed by atoms with E-state index in [2.05, 4.69) is 55.4 Å². The van der Waals surface area contributed by atoms with E-state index in [1.165, 1.54) is 38.9 Å². The van der Waals surface area contributed by atoms with Crippen molar-refractivity contribution in [3.05, 3.63) is 24.8 Å². The molecule has 1 aliphatic rings. The summed E-state index contributed by atoms with van der Waals surface area (Å²) in [7, 11) is 0. The number of halogens is 2. The molecule has 1 aromatic rings. The van der Waals surface area contributed by atoms with Gasteiger partial charge in [0.1, 0.15) is 0 Å². The average molecular weight is 522 g/mol. The molecule has 112 valence electrons. The Kier molecular flexibility index (Phi) is 10.7. The van der Waals surface area contributed by atoms with Crippen LogP contribution in [0.1, 0.15) is 31.2 Å². The number of nitrogens with zero attached hydrogens (tertiary/aromatic N) is 1. The number of benzene rings is 1. The third-order valence-electron chi connectivity index (χ3n) is 3.68. The van der Waals surface area contributed by atoms with Crippen LogP contribution in [-0.2, 0) is 6.54 Å². The van der Waals surface area contributed by atoms with E-state index in [0.29, 0.717) is 6.54 Å². The SMILES string of the molecule is [Na+].[O-]c1c(I)cc(I)cc1CNCCCN1CCCCC1. The van der Waals surface area contributed by atoms with Gasteiger partial charge in [0.15, 0.2) is 0 Å². The summed E-state index contributed by atoms with van der Waals surface area (Å²) in [5.41, 5.74) is 0.888. The van der Waals surface area contributed by atoms with Gasteiger partial charge in [-0.2, -0.15) is 0 Å². The van der Waals surface area contributed by atoms with Crippen molar-refractivity contribution in [1.29, 1.82) is 0 Å². The number of hydrogen-bond donors (Lipinski definition) is 1. The Bertz CT molecular complexity index is 440. The smallest absolute Gasteiger partial charge is 0.872 e. The Morgan fingerprint density at radius 1 is 1.14 bits per heavy atom. The normalized spacial score (nSPS) is 15.7. The van der Waals surface area contributed by atoms with Gasteiger partial charge in [-0.15, -0.1) is 0 Å². The van der Waals surface area contributed by atoms with Crippen molar-refractivity contribution in [2.75, 3.05) is 26.2 Å². The predicted octanol–water partition coefficient (Wildman–Crippen LogP) is -0.0610. The van der Waals surface area contributed by atoms with Gasteiger partial charge in [-0.3, -0.25) is 0 Å². The molecule has 21 heavy (non-hydrogen) atoms. The van der Waals surface area contributed by atoms with Gasteiger partial charge < -0.3 is 15.3 Å². The molecule has 0 saturated carbocycles. The van der Waals surface area contributed by atoms with Gasteiger partial charge in [-0.1, -0.05) is 12.2 Å². The summed E-state index contributed by atoms with van der Waals surface area (Å²) in [4.78, 5) is 2.55. The molecule has 0 aliphatic carbocycles. The quantitative estimate of drug-likeness (QED) is 0.324. The summed E-state index contributed by atoms with van der Waals surface area (Å²) in [6, 6.07) is 3.92. The van der Waals surface area contributed by atoms with Gasteiger partial charge in [0.25, 0.3) is 0 Å². The van der Waals surface area contributed by atoms with E-state index < -0.39 is 0 Å². The van der Waals surface area contributed by atoms with Gasteiger partial charge in [-0.05, 0) is 108 Å². The molecule has 0 aromatic heterocycles.